The maximum Gasteiger partial charge on any atom is 0.472 e. The summed E-state index contributed by atoms with van der Waals surface area (Å²) in [5.41, 5.74) is 0. The molecule has 0 aromatic rings. The first-order valence-electron chi connectivity index (χ1n) is 21.4. The standard InChI is InChI=1S/C44H74O14P2/c1-3-5-7-9-11-13-15-17-18-20-22-24-26-28-30-34-44(48)58-42(39-57-60(52,53)56-37-41(46)36-55-59(49,50)51)38-54-43(47)35-31-33-40(45)32-29-27-25-23-21-19-16-14-12-10-8-6-4-2/h6,8,12-15,17-19,21,25,27,29,32,40-42,45-46H,3-5,7,9-11,16,20,22-24,26,28,30-31,33-39H2,1-2H3,(H,52,53)(H2,49,50,51)/b8-6-,14-12-,15-13-,18-17-,21-19-,27-25-,32-29+/t40?,41-,42+/m0/s1. The number of unbranched alkanes of at least 4 members (excludes halogenated alkanes) is 9. The number of phosphoric ester groups is 2. The number of hydrogen-bond acceptors (Lipinski definition) is 11. The summed E-state index contributed by atoms with van der Waals surface area (Å²) in [6, 6.07) is 0. The predicted molar refractivity (Wildman–Crippen MR) is 236 cm³/mol. The van der Waals surface area contributed by atoms with E-state index in [2.05, 4.69) is 83.7 Å². The molecule has 14 nitrogen and oxygen atoms in total. The lowest BCUT2D eigenvalue weighted by molar-refractivity contribution is -0.161. The first-order chi connectivity index (χ1) is 28.8. The number of hydrogen-bond donors (Lipinski definition) is 5. The fourth-order valence-corrected chi connectivity index (χ4v) is 6.29. The van der Waals surface area contributed by atoms with Crippen molar-refractivity contribution in [2.75, 3.05) is 26.4 Å². The third-order valence-corrected chi connectivity index (χ3v) is 9.83. The second-order valence-electron chi connectivity index (χ2n) is 14.1. The van der Waals surface area contributed by atoms with Gasteiger partial charge in [0.2, 0.25) is 0 Å². The SMILES string of the molecule is CC/C=C\C/C=C\C/C=C\C/C=C\C=C\C(O)CCCC(=O)OC[C@H](COP(=O)(O)OC[C@@H](O)COP(=O)(O)O)OC(=O)CCCCCCC/C=C\C=C/CCCCCC. The molecular formula is C44H74O14P2. The molecule has 2 unspecified atom stereocenters. The van der Waals surface area contributed by atoms with Gasteiger partial charge in [-0.1, -0.05) is 137 Å². The van der Waals surface area contributed by atoms with Gasteiger partial charge in [-0.2, -0.15) is 0 Å². The Hall–Kier alpha value is -2.74. The summed E-state index contributed by atoms with van der Waals surface area (Å²) in [5.74, 6) is -1.26. The largest absolute Gasteiger partial charge is 0.472 e. The lowest BCUT2D eigenvalue weighted by atomic mass is 10.1. The summed E-state index contributed by atoms with van der Waals surface area (Å²) < 4.78 is 47.6. The maximum absolute atomic E-state index is 12.7. The van der Waals surface area contributed by atoms with Crippen LogP contribution in [0.1, 0.15) is 136 Å². The Bertz CT molecular complexity index is 1400. The molecule has 0 radical (unpaired) electrons. The Morgan fingerprint density at radius 1 is 0.567 bits per heavy atom. The Morgan fingerprint density at radius 3 is 1.73 bits per heavy atom. The average Bonchev–Trinajstić information content (AvgIpc) is 3.20. The molecule has 0 aliphatic rings. The van der Waals surface area contributed by atoms with E-state index in [-0.39, 0.29) is 12.8 Å². The van der Waals surface area contributed by atoms with Gasteiger partial charge in [0.1, 0.15) is 12.7 Å². The smallest absolute Gasteiger partial charge is 0.462 e. The minimum absolute atomic E-state index is 0.0435. The third kappa shape index (κ3) is 42.0. The topological polar surface area (TPSA) is 216 Å². The summed E-state index contributed by atoms with van der Waals surface area (Å²) in [5, 5.41) is 20.0. The quantitative estimate of drug-likeness (QED) is 0.0128. The monoisotopic (exact) mass is 888 g/mol. The zero-order valence-corrected chi connectivity index (χ0v) is 37.7. The van der Waals surface area contributed by atoms with Crippen molar-refractivity contribution in [1.29, 1.82) is 0 Å². The van der Waals surface area contributed by atoms with Crippen LogP contribution in [0.5, 0.6) is 0 Å². The van der Waals surface area contributed by atoms with E-state index in [0.717, 1.165) is 64.2 Å². The number of allylic oxidation sites excluding steroid dienone is 13. The van der Waals surface area contributed by atoms with Gasteiger partial charge in [0.15, 0.2) is 6.10 Å². The van der Waals surface area contributed by atoms with Gasteiger partial charge in [0.25, 0.3) is 0 Å². The van der Waals surface area contributed by atoms with Crippen LogP contribution in [0.4, 0.5) is 0 Å². The van der Waals surface area contributed by atoms with E-state index in [0.29, 0.717) is 19.3 Å². The van der Waals surface area contributed by atoms with Crippen LogP contribution >= 0.6 is 15.6 Å². The van der Waals surface area contributed by atoms with Crippen LogP contribution in [0.2, 0.25) is 0 Å². The van der Waals surface area contributed by atoms with Crippen molar-refractivity contribution in [3.8, 4) is 0 Å². The van der Waals surface area contributed by atoms with Gasteiger partial charge in [-0.05, 0) is 70.6 Å². The number of phosphoric acid groups is 2. The first kappa shape index (κ1) is 57.3. The van der Waals surface area contributed by atoms with E-state index in [1.807, 2.05) is 12.2 Å². The fourth-order valence-electron chi connectivity index (χ4n) is 5.13. The molecule has 0 aromatic carbocycles. The molecule has 60 heavy (non-hydrogen) atoms. The summed E-state index contributed by atoms with van der Waals surface area (Å²) in [4.78, 5) is 52.7. The Morgan fingerprint density at radius 2 is 1.10 bits per heavy atom. The summed E-state index contributed by atoms with van der Waals surface area (Å²) in [7, 11) is -9.75. The molecule has 0 saturated heterocycles. The van der Waals surface area contributed by atoms with Gasteiger partial charge < -0.3 is 34.4 Å². The molecular weight excluding hydrogens is 814 g/mol. The van der Waals surface area contributed by atoms with E-state index < -0.39 is 72.3 Å². The van der Waals surface area contributed by atoms with Crippen LogP contribution in [0, 0.1) is 0 Å². The molecule has 4 atom stereocenters. The van der Waals surface area contributed by atoms with Gasteiger partial charge >= 0.3 is 27.6 Å². The highest BCUT2D eigenvalue weighted by Gasteiger charge is 2.28. The van der Waals surface area contributed by atoms with E-state index >= 15 is 0 Å². The summed E-state index contributed by atoms with van der Waals surface area (Å²) in [6.45, 7) is 1.37. The van der Waals surface area contributed by atoms with Gasteiger partial charge in [-0.3, -0.25) is 23.2 Å². The zero-order valence-electron chi connectivity index (χ0n) is 35.9. The molecule has 0 rings (SSSR count). The summed E-state index contributed by atoms with van der Waals surface area (Å²) in [6.07, 6.45) is 40.3. The van der Waals surface area contributed by atoms with Crippen molar-refractivity contribution < 1.29 is 66.7 Å². The fraction of sp³-hybridized carbons (Fsp3) is 0.636. The van der Waals surface area contributed by atoms with Crippen molar-refractivity contribution >= 4 is 27.6 Å². The van der Waals surface area contributed by atoms with Gasteiger partial charge in [0.05, 0.1) is 25.9 Å². The second kappa shape index (κ2) is 39.1. The molecule has 0 aliphatic carbocycles. The minimum Gasteiger partial charge on any atom is -0.462 e. The Balaban J connectivity index is 4.76. The molecule has 0 amide bonds. The lowest BCUT2D eigenvalue weighted by Gasteiger charge is -2.20. The summed E-state index contributed by atoms with van der Waals surface area (Å²) >= 11 is 0. The van der Waals surface area contributed by atoms with Gasteiger partial charge in [0, 0.05) is 12.8 Å². The predicted octanol–water partition coefficient (Wildman–Crippen LogP) is 9.75. The molecule has 0 bridgehead atoms. The molecule has 0 aromatic heterocycles. The molecule has 344 valence electrons. The van der Waals surface area contributed by atoms with Crippen LogP contribution in [0.3, 0.4) is 0 Å². The lowest BCUT2D eigenvalue weighted by Crippen LogP contribution is -2.30. The van der Waals surface area contributed by atoms with Gasteiger partial charge in [-0.15, -0.1) is 0 Å². The van der Waals surface area contributed by atoms with E-state index in [9.17, 15) is 33.8 Å². The highest BCUT2D eigenvalue weighted by molar-refractivity contribution is 7.47. The van der Waals surface area contributed by atoms with Gasteiger partial charge in [-0.25, -0.2) is 9.13 Å². The van der Waals surface area contributed by atoms with Crippen LogP contribution in [-0.2, 0) is 41.8 Å². The van der Waals surface area contributed by atoms with Crippen molar-refractivity contribution in [3.05, 3.63) is 85.1 Å². The molecule has 16 heteroatoms. The Kier molecular flexibility index (Phi) is 37.3. The van der Waals surface area contributed by atoms with Crippen molar-refractivity contribution in [2.45, 2.75) is 154 Å². The number of carbonyl (C=O) groups excluding carboxylic acids is 2. The number of aliphatic hydroxyl groups excluding tert-OH is 2. The molecule has 0 spiro atoms. The highest BCUT2D eigenvalue weighted by atomic mass is 31.2. The average molecular weight is 889 g/mol. The van der Waals surface area contributed by atoms with Crippen molar-refractivity contribution in [2.24, 2.45) is 0 Å². The normalized spacial score (nSPS) is 15.4. The highest BCUT2D eigenvalue weighted by Crippen LogP contribution is 2.43. The Labute approximate surface area is 359 Å². The first-order valence-corrected chi connectivity index (χ1v) is 24.4. The van der Waals surface area contributed by atoms with E-state index in [1.54, 1.807) is 12.2 Å². The van der Waals surface area contributed by atoms with Crippen molar-refractivity contribution in [3.63, 3.8) is 0 Å². The molecule has 0 fully saturated rings. The minimum atomic E-state index is -4.89. The van der Waals surface area contributed by atoms with Crippen LogP contribution in [0.15, 0.2) is 85.1 Å². The van der Waals surface area contributed by atoms with Crippen LogP contribution in [-0.4, -0.2) is 81.6 Å². The van der Waals surface area contributed by atoms with E-state index in [1.165, 1.54) is 25.7 Å². The van der Waals surface area contributed by atoms with Crippen molar-refractivity contribution in [1.82, 2.24) is 0 Å². The zero-order chi connectivity index (χ0) is 44.6. The van der Waals surface area contributed by atoms with Crippen LogP contribution < -0.4 is 0 Å². The van der Waals surface area contributed by atoms with E-state index in [4.69, 9.17) is 23.8 Å². The molecule has 0 aliphatic heterocycles. The second-order valence-corrected chi connectivity index (χ2v) is 16.8. The van der Waals surface area contributed by atoms with Crippen LogP contribution in [0.25, 0.3) is 0 Å². The number of rotatable bonds is 39. The molecule has 0 saturated carbocycles. The number of esters is 2. The molecule has 5 N–H and O–H groups in total. The third-order valence-electron chi connectivity index (χ3n) is 8.39. The number of aliphatic hydroxyl groups is 2. The number of ether oxygens (including phenoxy) is 2. The number of carbonyl (C=O) groups is 2. The maximum atomic E-state index is 12.7. The molecule has 0 heterocycles.